The van der Waals surface area contributed by atoms with E-state index < -0.39 is 0 Å². The predicted octanol–water partition coefficient (Wildman–Crippen LogP) is 8.27. The van der Waals surface area contributed by atoms with Crippen LogP contribution in [0.25, 0.3) is 0 Å². The van der Waals surface area contributed by atoms with E-state index in [1.54, 1.807) is 0 Å². The Morgan fingerprint density at radius 1 is 0.640 bits per heavy atom. The Balaban J connectivity index is 5.47. The summed E-state index contributed by atoms with van der Waals surface area (Å²) in [7, 11) is 0. The van der Waals surface area contributed by atoms with Crippen LogP contribution in [-0.2, 0) is 4.74 Å². The first-order chi connectivity index (χ1) is 11.5. The molecule has 0 spiro atoms. The Morgan fingerprint density at radius 2 is 0.960 bits per heavy atom. The molecule has 0 aliphatic carbocycles. The number of rotatable bonds is 14. The van der Waals surface area contributed by atoms with Gasteiger partial charge in [0.2, 0.25) is 0 Å². The lowest BCUT2D eigenvalue weighted by atomic mass is 9.75. The van der Waals surface area contributed by atoms with Crippen molar-refractivity contribution in [3.05, 3.63) is 0 Å². The second-order valence-electron chi connectivity index (χ2n) is 10.1. The molecule has 1 nitrogen and oxygen atoms in total. The van der Waals surface area contributed by atoms with E-state index in [2.05, 4.69) is 69.2 Å². The van der Waals surface area contributed by atoms with Gasteiger partial charge in [0, 0.05) is 0 Å². The molecule has 0 saturated heterocycles. The third kappa shape index (κ3) is 8.94. The molecule has 0 heterocycles. The molecule has 0 aromatic heterocycles. The van der Waals surface area contributed by atoms with Crippen molar-refractivity contribution in [2.75, 3.05) is 0 Å². The van der Waals surface area contributed by atoms with E-state index in [1.165, 1.54) is 51.4 Å². The molecule has 0 aliphatic rings. The highest BCUT2D eigenvalue weighted by molar-refractivity contribution is 4.86. The Morgan fingerprint density at radius 3 is 1.20 bits per heavy atom. The standard InChI is InChI=1S/C24H50O/c1-11-15-23(7,8)21(17-19(5)13-3)25-22(18-20(6)14-4)24(9,10)16-12-2/h19-22H,11-18H2,1-10H3. The van der Waals surface area contributed by atoms with E-state index in [9.17, 15) is 0 Å². The van der Waals surface area contributed by atoms with Gasteiger partial charge in [-0.05, 0) is 48.3 Å². The van der Waals surface area contributed by atoms with Gasteiger partial charge in [0.15, 0.2) is 0 Å². The van der Waals surface area contributed by atoms with Crippen molar-refractivity contribution in [2.45, 2.75) is 133 Å². The van der Waals surface area contributed by atoms with E-state index in [1.807, 2.05) is 0 Å². The Hall–Kier alpha value is -0.0400. The Labute approximate surface area is 160 Å². The quantitative estimate of drug-likeness (QED) is 0.305. The molecule has 0 aromatic rings. The van der Waals surface area contributed by atoms with Gasteiger partial charge >= 0.3 is 0 Å². The van der Waals surface area contributed by atoms with Gasteiger partial charge in [-0.15, -0.1) is 0 Å². The van der Waals surface area contributed by atoms with Crippen LogP contribution in [0.5, 0.6) is 0 Å². The normalized spacial score (nSPS) is 18.0. The van der Waals surface area contributed by atoms with E-state index in [0.717, 1.165) is 11.8 Å². The SMILES string of the molecule is CCCC(C)(C)C(CC(C)CC)OC(CC(C)CC)C(C)(C)CCC. The zero-order valence-electron chi connectivity index (χ0n) is 19.4. The summed E-state index contributed by atoms with van der Waals surface area (Å²) in [6, 6.07) is 0. The van der Waals surface area contributed by atoms with Crippen LogP contribution in [-0.4, -0.2) is 12.2 Å². The summed E-state index contributed by atoms with van der Waals surface area (Å²) in [6.45, 7) is 23.7. The molecular weight excluding hydrogens is 304 g/mol. The molecule has 0 amide bonds. The lowest BCUT2D eigenvalue weighted by Gasteiger charge is -2.43. The Bertz CT molecular complexity index is 299. The average Bonchev–Trinajstić information content (AvgIpc) is 2.52. The monoisotopic (exact) mass is 354 g/mol. The largest absolute Gasteiger partial charge is 0.374 e. The minimum Gasteiger partial charge on any atom is -0.374 e. The van der Waals surface area contributed by atoms with Crippen LogP contribution < -0.4 is 0 Å². The predicted molar refractivity (Wildman–Crippen MR) is 114 cm³/mol. The molecule has 0 saturated carbocycles. The first-order valence-electron chi connectivity index (χ1n) is 11.2. The van der Waals surface area contributed by atoms with Gasteiger partial charge < -0.3 is 4.74 Å². The molecule has 0 bridgehead atoms. The molecule has 1 heteroatoms. The van der Waals surface area contributed by atoms with Crippen LogP contribution in [0.15, 0.2) is 0 Å². The zero-order valence-corrected chi connectivity index (χ0v) is 19.4. The van der Waals surface area contributed by atoms with Crippen LogP contribution in [0.3, 0.4) is 0 Å². The first-order valence-corrected chi connectivity index (χ1v) is 11.2. The maximum atomic E-state index is 7.03. The summed E-state index contributed by atoms with van der Waals surface area (Å²) in [4.78, 5) is 0. The third-order valence-corrected chi connectivity index (χ3v) is 6.49. The van der Waals surface area contributed by atoms with Crippen molar-refractivity contribution >= 4 is 0 Å². The molecule has 4 unspecified atom stereocenters. The molecule has 25 heavy (non-hydrogen) atoms. The van der Waals surface area contributed by atoms with Gasteiger partial charge in [-0.25, -0.2) is 0 Å². The zero-order chi connectivity index (χ0) is 19.7. The fraction of sp³-hybridized carbons (Fsp3) is 1.00. The van der Waals surface area contributed by atoms with Crippen LogP contribution in [0.2, 0.25) is 0 Å². The van der Waals surface area contributed by atoms with Crippen molar-refractivity contribution < 1.29 is 4.74 Å². The minimum absolute atomic E-state index is 0.258. The van der Waals surface area contributed by atoms with Crippen molar-refractivity contribution in [1.29, 1.82) is 0 Å². The molecular formula is C24H50O. The van der Waals surface area contributed by atoms with Crippen molar-refractivity contribution in [3.8, 4) is 0 Å². The fourth-order valence-electron chi connectivity index (χ4n) is 3.99. The summed E-state index contributed by atoms with van der Waals surface area (Å²) in [5, 5.41) is 0. The van der Waals surface area contributed by atoms with Crippen molar-refractivity contribution in [1.82, 2.24) is 0 Å². The topological polar surface area (TPSA) is 9.23 Å². The highest BCUT2D eigenvalue weighted by Gasteiger charge is 2.37. The molecule has 152 valence electrons. The summed E-state index contributed by atoms with van der Waals surface area (Å²) in [6.07, 6.45) is 10.6. The van der Waals surface area contributed by atoms with Gasteiger partial charge in [0.1, 0.15) is 0 Å². The molecule has 4 atom stereocenters. The van der Waals surface area contributed by atoms with E-state index in [4.69, 9.17) is 4.74 Å². The van der Waals surface area contributed by atoms with E-state index >= 15 is 0 Å². The molecule has 0 fully saturated rings. The average molecular weight is 355 g/mol. The fourth-order valence-corrected chi connectivity index (χ4v) is 3.99. The highest BCUT2D eigenvalue weighted by Crippen LogP contribution is 2.40. The smallest absolute Gasteiger partial charge is 0.0632 e. The van der Waals surface area contributed by atoms with Crippen LogP contribution in [0, 0.1) is 22.7 Å². The number of ether oxygens (including phenoxy) is 1. The van der Waals surface area contributed by atoms with Crippen molar-refractivity contribution in [3.63, 3.8) is 0 Å². The first kappa shape index (κ1) is 25.0. The van der Waals surface area contributed by atoms with Gasteiger partial charge in [-0.2, -0.15) is 0 Å². The second kappa shape index (κ2) is 11.6. The van der Waals surface area contributed by atoms with Crippen LogP contribution in [0.1, 0.15) is 121 Å². The lowest BCUT2D eigenvalue weighted by Crippen LogP contribution is -2.42. The summed E-state index contributed by atoms with van der Waals surface area (Å²) < 4.78 is 7.03. The van der Waals surface area contributed by atoms with E-state index in [0.29, 0.717) is 12.2 Å². The third-order valence-electron chi connectivity index (χ3n) is 6.49. The molecule has 0 aliphatic heterocycles. The van der Waals surface area contributed by atoms with E-state index in [-0.39, 0.29) is 10.8 Å². The van der Waals surface area contributed by atoms with Crippen molar-refractivity contribution in [2.24, 2.45) is 22.7 Å². The highest BCUT2D eigenvalue weighted by atomic mass is 16.5. The maximum Gasteiger partial charge on any atom is 0.0632 e. The van der Waals surface area contributed by atoms with Gasteiger partial charge in [0.05, 0.1) is 12.2 Å². The summed E-state index contributed by atoms with van der Waals surface area (Å²) in [5.41, 5.74) is 0.516. The van der Waals surface area contributed by atoms with Crippen LogP contribution >= 0.6 is 0 Å². The van der Waals surface area contributed by atoms with Gasteiger partial charge in [-0.3, -0.25) is 0 Å². The molecule has 0 aromatic carbocycles. The number of hydrogen-bond acceptors (Lipinski definition) is 1. The number of hydrogen-bond donors (Lipinski definition) is 0. The molecule has 0 rings (SSSR count). The second-order valence-corrected chi connectivity index (χ2v) is 10.1. The lowest BCUT2D eigenvalue weighted by molar-refractivity contribution is -0.133. The van der Waals surface area contributed by atoms with Gasteiger partial charge in [0.25, 0.3) is 0 Å². The van der Waals surface area contributed by atoms with Crippen LogP contribution in [0.4, 0.5) is 0 Å². The molecule has 0 N–H and O–H groups in total. The summed E-state index contributed by atoms with van der Waals surface area (Å²) >= 11 is 0. The molecule has 0 radical (unpaired) electrons. The minimum atomic E-state index is 0.258. The summed E-state index contributed by atoms with van der Waals surface area (Å²) in [5.74, 6) is 1.47. The van der Waals surface area contributed by atoms with Gasteiger partial charge in [-0.1, -0.05) is 94.9 Å². The Kier molecular flexibility index (Phi) is 11.6. The maximum absolute atomic E-state index is 7.03.